The van der Waals surface area contributed by atoms with Crippen LogP contribution in [0.15, 0.2) is 0 Å². The van der Waals surface area contributed by atoms with Crippen molar-refractivity contribution in [3.63, 3.8) is 0 Å². The molecule has 0 amide bonds. The van der Waals surface area contributed by atoms with Crippen molar-refractivity contribution in [3.8, 4) is 0 Å². The molecule has 0 aliphatic rings. The minimum atomic E-state index is -3.38. The Morgan fingerprint density at radius 1 is 0.438 bits per heavy atom. The maximum atomic E-state index is 6.50. The van der Waals surface area contributed by atoms with Gasteiger partial charge in [-0.1, -0.05) is 35.4 Å². The molecule has 0 N–H and O–H groups in total. The van der Waals surface area contributed by atoms with Gasteiger partial charge in [-0.05, 0) is 78.1 Å². The molecule has 48 heavy (non-hydrogen) atoms. The van der Waals surface area contributed by atoms with Crippen molar-refractivity contribution in [1.29, 1.82) is 0 Å². The van der Waals surface area contributed by atoms with Gasteiger partial charge in [0.1, 0.15) is 0 Å². The van der Waals surface area contributed by atoms with Crippen LogP contribution in [0.1, 0.15) is 82.1 Å². The second-order valence-corrected chi connectivity index (χ2v) is 35.0. The van der Waals surface area contributed by atoms with Gasteiger partial charge in [-0.3, -0.25) is 0 Å². The molecule has 0 heterocycles. The lowest BCUT2D eigenvalue weighted by atomic mass is 10.6. The highest BCUT2D eigenvalue weighted by molar-refractivity contribution is 9.38. The van der Waals surface area contributed by atoms with E-state index in [9.17, 15) is 0 Å². The van der Waals surface area contributed by atoms with Gasteiger partial charge in [0.05, 0.1) is 19.5 Å². The fourth-order valence-corrected chi connectivity index (χ4v) is 49.4. The molecule has 0 aromatic carbocycles. The molecule has 0 bridgehead atoms. The van der Waals surface area contributed by atoms with Gasteiger partial charge >= 0.3 is 35.2 Å². The summed E-state index contributed by atoms with van der Waals surface area (Å²) in [6.07, 6.45) is 1.38. The summed E-state index contributed by atoms with van der Waals surface area (Å²) in [5.74, 6) is 0. The molecule has 0 aliphatic heterocycles. The van der Waals surface area contributed by atoms with Crippen LogP contribution < -0.4 is 0 Å². The SMILES string of the molecule is CCO[Si](OCC)(OCC)C(C)SSS(SC(C)[Si](OCC)(OCC)OCC)(C(CC)[Si](OC)(OC)OC)C(CC)[Si](OC)(OC)OC. The summed E-state index contributed by atoms with van der Waals surface area (Å²) in [5.41, 5.74) is 0. The van der Waals surface area contributed by atoms with E-state index >= 15 is 0 Å². The average Bonchev–Trinajstić information content (AvgIpc) is 3.08. The Morgan fingerprint density at radius 3 is 0.938 bits per heavy atom. The number of hydrogen-bond acceptors (Lipinski definition) is 15. The van der Waals surface area contributed by atoms with Crippen LogP contribution in [0.3, 0.4) is 0 Å². The number of rotatable bonds is 31. The highest BCUT2D eigenvalue weighted by atomic mass is 33.7. The predicted molar refractivity (Wildman–Crippen MR) is 212 cm³/mol. The Bertz CT molecular complexity index is 761. The zero-order valence-electron chi connectivity index (χ0n) is 32.5. The van der Waals surface area contributed by atoms with Crippen molar-refractivity contribution in [2.24, 2.45) is 0 Å². The van der Waals surface area contributed by atoms with Crippen LogP contribution >= 0.6 is 39.5 Å². The van der Waals surface area contributed by atoms with Crippen molar-refractivity contribution in [3.05, 3.63) is 0 Å². The first-order valence-corrected chi connectivity index (χ1v) is 30.0. The molecule has 0 fully saturated rings. The van der Waals surface area contributed by atoms with Crippen LogP contribution in [0.4, 0.5) is 0 Å². The van der Waals surface area contributed by atoms with E-state index in [-0.39, 0.29) is 19.5 Å². The normalized spacial score (nSPS) is 17.9. The van der Waals surface area contributed by atoms with E-state index in [1.807, 2.05) is 52.3 Å². The second kappa shape index (κ2) is 25.0. The van der Waals surface area contributed by atoms with Crippen LogP contribution in [0, 0.1) is 0 Å². The van der Waals surface area contributed by atoms with Crippen molar-refractivity contribution >= 4 is 74.7 Å². The summed E-state index contributed by atoms with van der Waals surface area (Å²) in [4.78, 5) is -0.766. The third kappa shape index (κ3) is 11.6. The summed E-state index contributed by atoms with van der Waals surface area (Å²) >= 11 is 0. The molecule has 4 unspecified atom stereocenters. The zero-order valence-corrected chi connectivity index (χ0v) is 39.8. The largest absolute Gasteiger partial charge is 0.515 e. The molecule has 0 saturated heterocycles. The van der Waals surface area contributed by atoms with Gasteiger partial charge in [0, 0.05) is 82.3 Å². The highest BCUT2D eigenvalue weighted by Gasteiger charge is 2.67. The molecule has 292 valence electrons. The Kier molecular flexibility index (Phi) is 25.9. The molecule has 0 aliphatic carbocycles. The van der Waals surface area contributed by atoms with Gasteiger partial charge in [0.15, 0.2) is 0 Å². The van der Waals surface area contributed by atoms with Crippen molar-refractivity contribution in [1.82, 2.24) is 0 Å². The summed E-state index contributed by atoms with van der Waals surface area (Å²) in [5, 5.41) is 0. The summed E-state index contributed by atoms with van der Waals surface area (Å²) in [6, 6.07) is 0. The summed E-state index contributed by atoms with van der Waals surface area (Å²) in [7, 11) is 0.0398. The lowest BCUT2D eigenvalue weighted by molar-refractivity contribution is 0.0701. The van der Waals surface area contributed by atoms with E-state index in [1.54, 1.807) is 63.3 Å². The lowest BCUT2D eigenvalue weighted by Crippen LogP contribution is -2.62. The van der Waals surface area contributed by atoms with E-state index in [0.29, 0.717) is 52.5 Å². The topological polar surface area (TPSA) is 111 Å². The van der Waals surface area contributed by atoms with Gasteiger partial charge in [0.2, 0.25) is 0 Å². The smallest absolute Gasteiger partial charge is 0.376 e. The Balaban J connectivity index is 8.14. The minimum Gasteiger partial charge on any atom is -0.376 e. The third-order valence-electron chi connectivity index (χ3n) is 7.68. The van der Waals surface area contributed by atoms with Gasteiger partial charge in [-0.15, -0.1) is 8.09 Å². The molecule has 0 aromatic heterocycles. The first-order chi connectivity index (χ1) is 22.9. The molecule has 0 saturated carbocycles. The average molecular weight is 837 g/mol. The fraction of sp³-hybridized carbons (Fsp3) is 1.00. The zero-order chi connectivity index (χ0) is 37.1. The molecule has 0 aromatic rings. The van der Waals surface area contributed by atoms with Crippen LogP contribution in [-0.2, 0) is 53.1 Å². The van der Waals surface area contributed by atoms with E-state index in [0.717, 1.165) is 0 Å². The van der Waals surface area contributed by atoms with Crippen LogP contribution in [0.5, 0.6) is 0 Å². The molecule has 0 rings (SSSR count). The Hall–Kier alpha value is 1.79. The molecule has 20 heteroatoms. The van der Waals surface area contributed by atoms with Gasteiger partial charge in [-0.25, -0.2) is 0 Å². The van der Waals surface area contributed by atoms with Gasteiger partial charge in [0.25, 0.3) is 0 Å². The number of hydrogen-bond donors (Lipinski definition) is 0. The first kappa shape index (κ1) is 49.8. The molecule has 0 radical (unpaired) electrons. The second-order valence-electron chi connectivity index (χ2n) is 10.2. The van der Waals surface area contributed by atoms with Crippen molar-refractivity contribution in [2.45, 2.75) is 102 Å². The standard InChI is InChI=1S/C28H68O12S4Si4/c1-17-27(47(29-11,30-12)31-13)44(28(18-2)48(32-14,33-15)34-16,42-26(10)46(38-22-6,39-23-7)40-24-8)43-41-25(9)45(35-19-3,36-20-4)37-21-5/h25-28H,17-24H2,1-16H3. The monoisotopic (exact) mass is 836 g/mol. The maximum absolute atomic E-state index is 6.50. The van der Waals surface area contributed by atoms with Crippen LogP contribution in [-0.4, -0.2) is 137 Å². The highest BCUT2D eigenvalue weighted by Crippen LogP contribution is 2.83. The quantitative estimate of drug-likeness (QED) is 0.0524. The van der Waals surface area contributed by atoms with Gasteiger partial charge < -0.3 is 53.1 Å². The summed E-state index contributed by atoms with van der Waals surface area (Å²) in [6.45, 7) is 23.3. The van der Waals surface area contributed by atoms with E-state index in [1.165, 1.54) is 0 Å². The lowest BCUT2D eigenvalue weighted by Gasteiger charge is -2.56. The van der Waals surface area contributed by atoms with Gasteiger partial charge in [-0.2, -0.15) is 0 Å². The fourth-order valence-electron chi connectivity index (χ4n) is 5.72. The van der Waals surface area contributed by atoms with E-state index < -0.39 is 43.3 Å². The molecule has 4 atom stereocenters. The molecular formula is C28H68O12S4Si4. The molecule has 0 spiro atoms. The van der Waals surface area contributed by atoms with Crippen molar-refractivity contribution < 1.29 is 53.1 Å². The molecular weight excluding hydrogens is 769 g/mol. The Labute approximate surface area is 310 Å². The van der Waals surface area contributed by atoms with Crippen LogP contribution in [0.2, 0.25) is 0 Å². The van der Waals surface area contributed by atoms with E-state index in [4.69, 9.17) is 53.1 Å². The molecule has 12 nitrogen and oxygen atoms in total. The van der Waals surface area contributed by atoms with E-state index in [2.05, 4.69) is 27.7 Å². The predicted octanol–water partition coefficient (Wildman–Crippen LogP) is 7.08. The Morgan fingerprint density at radius 2 is 0.708 bits per heavy atom. The maximum Gasteiger partial charge on any atom is 0.515 e. The van der Waals surface area contributed by atoms with Crippen molar-refractivity contribution in [2.75, 3.05) is 82.3 Å². The third-order valence-corrected chi connectivity index (χ3v) is 43.7. The minimum absolute atomic E-state index is 0.139. The summed E-state index contributed by atoms with van der Waals surface area (Å²) < 4.78 is 76.6. The first-order valence-electron chi connectivity index (χ1n) is 16.9. The van der Waals surface area contributed by atoms with Crippen LogP contribution in [0.25, 0.3) is 0 Å².